The average Bonchev–Trinajstić information content (AvgIpc) is 1.91. The van der Waals surface area contributed by atoms with Gasteiger partial charge in [0.25, 0.3) is 0 Å². The molecule has 0 radical (unpaired) electrons. The van der Waals surface area contributed by atoms with Crippen LogP contribution in [-0.2, 0) is 0 Å². The van der Waals surface area contributed by atoms with Gasteiger partial charge in [-0.25, -0.2) is 0 Å². The Kier molecular flexibility index (Phi) is 3.16. The van der Waals surface area contributed by atoms with Gasteiger partial charge in [-0.15, -0.1) is 0 Å². The molecule has 1 heteroatoms. The van der Waals surface area contributed by atoms with E-state index in [1.165, 1.54) is 25.3 Å². The summed E-state index contributed by atoms with van der Waals surface area (Å²) in [4.78, 5) is 0. The van der Waals surface area contributed by atoms with Crippen LogP contribution in [0.15, 0.2) is 11.6 Å². The van der Waals surface area contributed by atoms with Gasteiger partial charge in [-0.05, 0) is 31.2 Å². The SMILES string of the molecule is CC1CC=C(C[Si](C)(C)C)CC1. The number of allylic oxidation sites excluding steroid dienone is 2. The summed E-state index contributed by atoms with van der Waals surface area (Å²) >= 11 is 0. The Hall–Kier alpha value is -0.0431. The quantitative estimate of drug-likeness (QED) is 0.446. The highest BCUT2D eigenvalue weighted by atomic mass is 28.3. The van der Waals surface area contributed by atoms with E-state index in [2.05, 4.69) is 32.6 Å². The molecule has 1 atom stereocenters. The maximum Gasteiger partial charge on any atom is 0.0483 e. The lowest BCUT2D eigenvalue weighted by Gasteiger charge is -2.23. The van der Waals surface area contributed by atoms with Gasteiger partial charge in [-0.3, -0.25) is 0 Å². The fourth-order valence-corrected chi connectivity index (χ4v) is 3.54. The van der Waals surface area contributed by atoms with Crippen molar-refractivity contribution in [2.45, 2.75) is 51.9 Å². The Labute approximate surface area is 78.1 Å². The van der Waals surface area contributed by atoms with Crippen LogP contribution in [0, 0.1) is 5.92 Å². The van der Waals surface area contributed by atoms with Crippen molar-refractivity contribution in [2.75, 3.05) is 0 Å². The van der Waals surface area contributed by atoms with E-state index in [9.17, 15) is 0 Å². The zero-order chi connectivity index (χ0) is 9.19. The van der Waals surface area contributed by atoms with Crippen LogP contribution in [0.2, 0.25) is 25.7 Å². The first kappa shape index (κ1) is 10.0. The molecule has 0 nitrogen and oxygen atoms in total. The standard InChI is InChI=1S/C11H22Si/c1-10-5-7-11(8-6-10)9-12(2,3)4/h7,10H,5-6,8-9H2,1-4H3. The van der Waals surface area contributed by atoms with Gasteiger partial charge in [0, 0.05) is 8.07 Å². The fourth-order valence-electron chi connectivity index (χ4n) is 1.86. The van der Waals surface area contributed by atoms with Gasteiger partial charge in [-0.1, -0.05) is 38.2 Å². The molecule has 0 heterocycles. The summed E-state index contributed by atoms with van der Waals surface area (Å²) in [5, 5.41) is 0. The van der Waals surface area contributed by atoms with Crippen molar-refractivity contribution in [3.05, 3.63) is 11.6 Å². The second-order valence-corrected chi connectivity index (χ2v) is 11.0. The second-order valence-electron chi connectivity index (χ2n) is 5.48. The molecule has 0 bridgehead atoms. The number of rotatable bonds is 2. The van der Waals surface area contributed by atoms with Crippen LogP contribution in [0.4, 0.5) is 0 Å². The molecule has 0 aliphatic heterocycles. The predicted octanol–water partition coefficient (Wildman–Crippen LogP) is 4.07. The molecule has 1 rings (SSSR count). The van der Waals surface area contributed by atoms with E-state index in [0.29, 0.717) is 0 Å². The Bertz CT molecular complexity index is 174. The van der Waals surface area contributed by atoms with Crippen molar-refractivity contribution < 1.29 is 0 Å². The third-order valence-electron chi connectivity index (χ3n) is 2.52. The number of hydrogen-bond acceptors (Lipinski definition) is 0. The molecule has 0 amide bonds. The zero-order valence-electron chi connectivity index (χ0n) is 8.98. The molecule has 0 fully saturated rings. The van der Waals surface area contributed by atoms with Crippen LogP contribution in [0.5, 0.6) is 0 Å². The highest BCUT2D eigenvalue weighted by molar-refractivity contribution is 6.76. The number of hydrogen-bond donors (Lipinski definition) is 0. The summed E-state index contributed by atoms with van der Waals surface area (Å²) in [6.07, 6.45) is 6.65. The van der Waals surface area contributed by atoms with Gasteiger partial charge in [0.15, 0.2) is 0 Å². The largest absolute Gasteiger partial charge is 0.0854 e. The van der Waals surface area contributed by atoms with Gasteiger partial charge in [0.1, 0.15) is 0 Å². The van der Waals surface area contributed by atoms with Crippen LogP contribution in [0.3, 0.4) is 0 Å². The summed E-state index contributed by atoms with van der Waals surface area (Å²) < 4.78 is 0. The fraction of sp³-hybridized carbons (Fsp3) is 0.818. The van der Waals surface area contributed by atoms with Crippen molar-refractivity contribution in [2.24, 2.45) is 5.92 Å². The van der Waals surface area contributed by atoms with Crippen molar-refractivity contribution in [1.82, 2.24) is 0 Å². The maximum absolute atomic E-state index is 2.51. The van der Waals surface area contributed by atoms with Gasteiger partial charge >= 0.3 is 0 Å². The lowest BCUT2D eigenvalue weighted by molar-refractivity contribution is 0.513. The zero-order valence-corrected chi connectivity index (χ0v) is 9.98. The summed E-state index contributed by atoms with van der Waals surface area (Å²) in [5.41, 5.74) is 1.76. The maximum atomic E-state index is 2.51. The topological polar surface area (TPSA) is 0 Å². The minimum atomic E-state index is -0.835. The summed E-state index contributed by atoms with van der Waals surface area (Å²) in [7, 11) is -0.835. The molecule has 0 N–H and O–H groups in total. The van der Waals surface area contributed by atoms with E-state index in [-0.39, 0.29) is 0 Å². The Morgan fingerprint density at radius 3 is 2.50 bits per heavy atom. The third kappa shape index (κ3) is 3.57. The first-order chi connectivity index (χ1) is 5.47. The van der Waals surface area contributed by atoms with E-state index in [0.717, 1.165) is 5.92 Å². The van der Waals surface area contributed by atoms with Gasteiger partial charge < -0.3 is 0 Å². The molecule has 70 valence electrons. The molecule has 0 aromatic rings. The normalized spacial score (nSPS) is 25.3. The highest BCUT2D eigenvalue weighted by Crippen LogP contribution is 2.28. The van der Waals surface area contributed by atoms with Gasteiger partial charge in [-0.2, -0.15) is 0 Å². The van der Waals surface area contributed by atoms with E-state index in [1.54, 1.807) is 5.57 Å². The lowest BCUT2D eigenvalue weighted by Crippen LogP contribution is -2.21. The van der Waals surface area contributed by atoms with Crippen molar-refractivity contribution in [3.8, 4) is 0 Å². The summed E-state index contributed by atoms with van der Waals surface area (Å²) in [6.45, 7) is 9.76. The van der Waals surface area contributed by atoms with E-state index < -0.39 is 8.07 Å². The van der Waals surface area contributed by atoms with Crippen LogP contribution in [-0.4, -0.2) is 8.07 Å². The summed E-state index contributed by atoms with van der Waals surface area (Å²) in [5.74, 6) is 0.940. The molecule has 0 saturated carbocycles. The molecule has 0 spiro atoms. The second kappa shape index (κ2) is 3.78. The molecule has 0 aromatic carbocycles. The molecule has 12 heavy (non-hydrogen) atoms. The summed E-state index contributed by atoms with van der Waals surface area (Å²) in [6, 6.07) is 1.43. The van der Waals surface area contributed by atoms with Crippen LogP contribution >= 0.6 is 0 Å². The molecular formula is C11H22Si. The predicted molar refractivity (Wildman–Crippen MR) is 59.3 cm³/mol. The van der Waals surface area contributed by atoms with Gasteiger partial charge in [0.2, 0.25) is 0 Å². The lowest BCUT2D eigenvalue weighted by atomic mass is 9.92. The molecular weight excluding hydrogens is 160 g/mol. The molecule has 1 unspecified atom stereocenters. The molecule has 0 aromatic heterocycles. The minimum Gasteiger partial charge on any atom is -0.0854 e. The van der Waals surface area contributed by atoms with E-state index in [4.69, 9.17) is 0 Å². The highest BCUT2D eigenvalue weighted by Gasteiger charge is 2.18. The molecule has 1 aliphatic rings. The van der Waals surface area contributed by atoms with Crippen LogP contribution in [0.1, 0.15) is 26.2 Å². The van der Waals surface area contributed by atoms with Crippen LogP contribution < -0.4 is 0 Å². The Morgan fingerprint density at radius 2 is 2.08 bits per heavy atom. The Balaban J connectivity index is 2.44. The minimum absolute atomic E-state index is 0.835. The van der Waals surface area contributed by atoms with Gasteiger partial charge in [0.05, 0.1) is 0 Å². The molecule has 1 aliphatic carbocycles. The van der Waals surface area contributed by atoms with Crippen LogP contribution in [0.25, 0.3) is 0 Å². The van der Waals surface area contributed by atoms with Crippen molar-refractivity contribution in [3.63, 3.8) is 0 Å². The average molecular weight is 182 g/mol. The van der Waals surface area contributed by atoms with E-state index >= 15 is 0 Å². The molecule has 0 saturated heterocycles. The smallest absolute Gasteiger partial charge is 0.0483 e. The first-order valence-corrected chi connectivity index (χ1v) is 8.86. The van der Waals surface area contributed by atoms with E-state index in [1.807, 2.05) is 0 Å². The monoisotopic (exact) mass is 182 g/mol. The first-order valence-electron chi connectivity index (χ1n) is 5.15. The van der Waals surface area contributed by atoms with Crippen molar-refractivity contribution >= 4 is 8.07 Å². The van der Waals surface area contributed by atoms with Crippen molar-refractivity contribution in [1.29, 1.82) is 0 Å². The third-order valence-corrected chi connectivity index (χ3v) is 4.04. The Morgan fingerprint density at radius 1 is 1.42 bits per heavy atom.